The molecule has 0 radical (unpaired) electrons. The van der Waals surface area contributed by atoms with Gasteiger partial charge in [0.2, 0.25) is 0 Å². The van der Waals surface area contributed by atoms with Crippen LogP contribution in [0.4, 0.5) is 22.7 Å². The van der Waals surface area contributed by atoms with Gasteiger partial charge in [0.05, 0.1) is 11.6 Å². The third-order valence-corrected chi connectivity index (χ3v) is 13.2. The van der Waals surface area contributed by atoms with Gasteiger partial charge in [-0.1, -0.05) is 164 Å². The van der Waals surface area contributed by atoms with E-state index >= 15 is 0 Å². The molecule has 0 saturated heterocycles. The van der Waals surface area contributed by atoms with Crippen LogP contribution in [-0.2, 0) is 0 Å². The molecule has 0 bridgehead atoms. The largest absolute Gasteiger partial charge is 0.338 e. The first-order valence-electron chi connectivity index (χ1n) is 23.0. The van der Waals surface area contributed by atoms with E-state index in [1.165, 1.54) is 61.3 Å². The van der Waals surface area contributed by atoms with Crippen LogP contribution in [0.25, 0.3) is 38.9 Å². The minimum Gasteiger partial charge on any atom is -0.338 e. The minimum absolute atomic E-state index is 0.281. The van der Waals surface area contributed by atoms with Crippen molar-refractivity contribution in [1.29, 1.82) is 0 Å². The SMILES string of the molecule is C1=CCCC(N(c2ccc(C3C=CC(c4ccc(N(c5ccccc5)c5ccc(-c6cccc7c6ccn7-c6ccccc6)cc5)cc4)=CC3)cc2)C2C=CC(c3ccccc3)=CC2)=C1. The number of hydrogen-bond acceptors (Lipinski definition) is 2. The van der Waals surface area contributed by atoms with Crippen molar-refractivity contribution in [3.05, 3.63) is 271 Å². The van der Waals surface area contributed by atoms with Crippen molar-refractivity contribution in [3.8, 4) is 16.8 Å². The quantitative estimate of drug-likeness (QED) is 0.129. The molecule has 1 heterocycles. The maximum absolute atomic E-state index is 2.56. The summed E-state index contributed by atoms with van der Waals surface area (Å²) in [5.74, 6) is 0.343. The van der Waals surface area contributed by atoms with Crippen molar-refractivity contribution in [3.63, 3.8) is 0 Å². The number of hydrogen-bond donors (Lipinski definition) is 0. The van der Waals surface area contributed by atoms with Crippen LogP contribution >= 0.6 is 0 Å². The third kappa shape index (κ3) is 8.25. The Kier molecular flexibility index (Phi) is 11.1. The molecule has 2 atom stereocenters. The molecule has 0 aliphatic heterocycles. The molecule has 0 spiro atoms. The van der Waals surface area contributed by atoms with E-state index in [1.807, 2.05) is 0 Å². The normalized spacial score (nSPS) is 16.8. The van der Waals surface area contributed by atoms with Crippen LogP contribution in [-0.4, -0.2) is 10.6 Å². The van der Waals surface area contributed by atoms with Gasteiger partial charge in [0.25, 0.3) is 0 Å². The van der Waals surface area contributed by atoms with Crippen LogP contribution in [0, 0.1) is 0 Å². The number of nitrogens with zero attached hydrogens (tertiary/aromatic N) is 3. The Morgan fingerprint density at radius 2 is 1.11 bits per heavy atom. The molecule has 11 rings (SSSR count). The minimum atomic E-state index is 0.281. The first kappa shape index (κ1) is 39.9. The van der Waals surface area contributed by atoms with E-state index in [0.29, 0.717) is 5.92 Å². The van der Waals surface area contributed by atoms with Crippen LogP contribution in [0.5, 0.6) is 0 Å². The lowest BCUT2D eigenvalue weighted by molar-refractivity contribution is 0.721. The Bertz CT molecular complexity index is 3110. The summed E-state index contributed by atoms with van der Waals surface area (Å²) < 4.78 is 2.26. The van der Waals surface area contributed by atoms with E-state index in [-0.39, 0.29) is 6.04 Å². The maximum atomic E-state index is 2.56. The number of benzene rings is 7. The van der Waals surface area contributed by atoms with Gasteiger partial charge in [0.15, 0.2) is 0 Å². The van der Waals surface area contributed by atoms with Crippen molar-refractivity contribution >= 4 is 44.8 Å². The summed E-state index contributed by atoms with van der Waals surface area (Å²) in [7, 11) is 0. The molecule has 1 aromatic heterocycles. The van der Waals surface area contributed by atoms with Gasteiger partial charge >= 0.3 is 0 Å². The molecule has 0 N–H and O–H groups in total. The van der Waals surface area contributed by atoms with E-state index in [9.17, 15) is 0 Å². The van der Waals surface area contributed by atoms with Crippen LogP contribution in [0.15, 0.2) is 255 Å². The van der Waals surface area contributed by atoms with Gasteiger partial charge in [0, 0.05) is 51.6 Å². The lowest BCUT2D eigenvalue weighted by Gasteiger charge is -2.36. The molecule has 0 amide bonds. The Labute approximate surface area is 383 Å². The topological polar surface area (TPSA) is 11.4 Å². The average molecular weight is 838 g/mol. The highest BCUT2D eigenvalue weighted by Gasteiger charge is 2.23. The molecule has 0 fully saturated rings. The molecule has 3 aliphatic rings. The van der Waals surface area contributed by atoms with E-state index < -0.39 is 0 Å². The number of allylic oxidation sites excluding steroid dienone is 10. The van der Waals surface area contributed by atoms with Gasteiger partial charge < -0.3 is 14.4 Å². The zero-order chi connectivity index (χ0) is 43.4. The van der Waals surface area contributed by atoms with Crippen LogP contribution in [0.1, 0.15) is 48.3 Å². The van der Waals surface area contributed by atoms with Crippen LogP contribution in [0.2, 0.25) is 0 Å². The molecule has 8 aromatic rings. The van der Waals surface area contributed by atoms with E-state index in [2.05, 4.69) is 263 Å². The smallest absolute Gasteiger partial charge is 0.0557 e. The molecule has 3 aliphatic carbocycles. The summed E-state index contributed by atoms with van der Waals surface area (Å²) in [6.07, 6.45) is 27.2. The predicted octanol–water partition coefficient (Wildman–Crippen LogP) is 16.3. The number of aromatic nitrogens is 1. The summed E-state index contributed by atoms with van der Waals surface area (Å²) in [5, 5.41) is 1.24. The van der Waals surface area contributed by atoms with Crippen LogP contribution in [0.3, 0.4) is 0 Å². The predicted molar refractivity (Wildman–Crippen MR) is 275 cm³/mol. The van der Waals surface area contributed by atoms with E-state index in [1.54, 1.807) is 0 Å². The van der Waals surface area contributed by atoms with E-state index in [0.717, 1.165) is 48.4 Å². The highest BCUT2D eigenvalue weighted by Crippen LogP contribution is 2.40. The van der Waals surface area contributed by atoms with Gasteiger partial charge in [-0.3, -0.25) is 0 Å². The Balaban J connectivity index is 0.794. The van der Waals surface area contributed by atoms with Gasteiger partial charge in [-0.25, -0.2) is 0 Å². The molecule has 2 unspecified atom stereocenters. The van der Waals surface area contributed by atoms with Gasteiger partial charge in [0.1, 0.15) is 0 Å². The standard InChI is InChI=1S/C62H51N3/c1-5-14-46(15-6-1)49-28-36-56(37-29-49)64(54-18-9-3-10-19-54)57-38-30-50(31-39-57)47-24-26-48(27-25-47)51-32-40-58(41-33-51)65(55-20-11-4-12-21-55)59-42-34-52(35-43-59)60-22-13-23-62-61(60)44-45-63(62)53-16-7-2-8-17-53/h1-9,11-18,20-24,26-36,38-45,47,56H,10,19,25,37H2. The molecule has 3 heteroatoms. The lowest BCUT2D eigenvalue weighted by Crippen LogP contribution is -2.34. The summed E-state index contributed by atoms with van der Waals surface area (Å²) in [6, 6.07) is 68.4. The maximum Gasteiger partial charge on any atom is 0.0557 e. The lowest BCUT2D eigenvalue weighted by atomic mass is 9.88. The number of rotatable bonds is 11. The fourth-order valence-corrected chi connectivity index (χ4v) is 9.82. The molecular weight excluding hydrogens is 787 g/mol. The highest BCUT2D eigenvalue weighted by molar-refractivity contribution is 5.97. The monoisotopic (exact) mass is 837 g/mol. The summed E-state index contributed by atoms with van der Waals surface area (Å²) in [5.41, 5.74) is 17.2. The van der Waals surface area contributed by atoms with E-state index in [4.69, 9.17) is 0 Å². The Morgan fingerprint density at radius 1 is 0.492 bits per heavy atom. The van der Waals surface area contributed by atoms with Crippen molar-refractivity contribution in [2.24, 2.45) is 0 Å². The first-order chi connectivity index (χ1) is 32.2. The highest BCUT2D eigenvalue weighted by atomic mass is 15.2. The zero-order valence-electron chi connectivity index (χ0n) is 36.5. The summed E-state index contributed by atoms with van der Waals surface area (Å²) in [6.45, 7) is 0. The van der Waals surface area contributed by atoms with Gasteiger partial charge in [-0.15, -0.1) is 0 Å². The van der Waals surface area contributed by atoms with Crippen molar-refractivity contribution in [2.45, 2.75) is 37.6 Å². The zero-order valence-corrected chi connectivity index (χ0v) is 36.5. The fourth-order valence-electron chi connectivity index (χ4n) is 9.82. The van der Waals surface area contributed by atoms with Gasteiger partial charge in [-0.2, -0.15) is 0 Å². The molecule has 7 aromatic carbocycles. The van der Waals surface area contributed by atoms with Gasteiger partial charge in [-0.05, 0) is 144 Å². The Morgan fingerprint density at radius 3 is 1.75 bits per heavy atom. The second-order valence-corrected chi connectivity index (χ2v) is 17.2. The number of para-hydroxylation sites is 2. The van der Waals surface area contributed by atoms with Crippen molar-refractivity contribution in [2.75, 3.05) is 9.80 Å². The van der Waals surface area contributed by atoms with Crippen LogP contribution < -0.4 is 9.80 Å². The second kappa shape index (κ2) is 18.1. The summed E-state index contributed by atoms with van der Waals surface area (Å²) in [4.78, 5) is 4.90. The summed E-state index contributed by atoms with van der Waals surface area (Å²) >= 11 is 0. The fraction of sp³-hybridized carbons (Fsp3) is 0.0968. The molecule has 314 valence electrons. The van der Waals surface area contributed by atoms with Crippen molar-refractivity contribution < 1.29 is 0 Å². The number of anilines is 4. The molecule has 65 heavy (non-hydrogen) atoms. The molecular formula is C62H51N3. The average Bonchev–Trinajstić information content (AvgIpc) is 3.84. The molecule has 3 nitrogen and oxygen atoms in total. The second-order valence-electron chi connectivity index (χ2n) is 17.2. The third-order valence-electron chi connectivity index (χ3n) is 13.2. The van der Waals surface area contributed by atoms with Crippen molar-refractivity contribution in [1.82, 2.24) is 4.57 Å². The molecule has 0 saturated carbocycles. The first-order valence-corrected chi connectivity index (χ1v) is 23.0. The number of fused-ring (bicyclic) bond motifs is 1. The Hall–Kier alpha value is -7.88.